The quantitative estimate of drug-likeness (QED) is 0.870. The number of benzene rings is 2. The Labute approximate surface area is 134 Å². The first-order chi connectivity index (χ1) is 10.1. The molecule has 0 spiro atoms. The molecule has 0 amide bonds. The minimum atomic E-state index is -0.132. The SMILES string of the molecule is CC1NC(C)(c2ccccc2)COC1c1ccc(Br)cc1. The van der Waals surface area contributed by atoms with E-state index in [1.807, 2.05) is 6.07 Å². The van der Waals surface area contributed by atoms with Crippen LogP contribution in [-0.4, -0.2) is 12.6 Å². The first-order valence-corrected chi connectivity index (χ1v) is 8.08. The van der Waals surface area contributed by atoms with E-state index in [1.165, 1.54) is 11.1 Å². The van der Waals surface area contributed by atoms with Gasteiger partial charge in [-0.15, -0.1) is 0 Å². The van der Waals surface area contributed by atoms with Gasteiger partial charge in [0.05, 0.1) is 18.2 Å². The maximum absolute atomic E-state index is 6.21. The van der Waals surface area contributed by atoms with Gasteiger partial charge in [-0.05, 0) is 37.1 Å². The molecule has 0 aromatic heterocycles. The molecule has 3 unspecified atom stereocenters. The Hall–Kier alpha value is -1.16. The molecule has 2 aromatic rings. The van der Waals surface area contributed by atoms with Crippen LogP contribution in [0.25, 0.3) is 0 Å². The monoisotopic (exact) mass is 345 g/mol. The molecule has 0 bridgehead atoms. The van der Waals surface area contributed by atoms with Gasteiger partial charge in [-0.3, -0.25) is 0 Å². The molecule has 2 nitrogen and oxygen atoms in total. The maximum atomic E-state index is 6.21. The molecule has 1 heterocycles. The number of hydrogen-bond acceptors (Lipinski definition) is 2. The van der Waals surface area contributed by atoms with Crippen LogP contribution < -0.4 is 5.32 Å². The van der Waals surface area contributed by atoms with Crippen LogP contribution >= 0.6 is 15.9 Å². The second-order valence-electron chi connectivity index (χ2n) is 5.91. The van der Waals surface area contributed by atoms with Gasteiger partial charge >= 0.3 is 0 Å². The third-order valence-electron chi connectivity index (χ3n) is 4.16. The molecule has 2 aromatic carbocycles. The average molecular weight is 346 g/mol. The van der Waals surface area contributed by atoms with Crippen molar-refractivity contribution in [3.05, 3.63) is 70.2 Å². The molecule has 0 radical (unpaired) electrons. The molecule has 1 aliphatic rings. The van der Waals surface area contributed by atoms with Crippen molar-refractivity contribution in [2.45, 2.75) is 31.5 Å². The van der Waals surface area contributed by atoms with Crippen LogP contribution in [0.1, 0.15) is 31.1 Å². The van der Waals surface area contributed by atoms with Crippen molar-refractivity contribution in [2.75, 3.05) is 6.61 Å². The fourth-order valence-electron chi connectivity index (χ4n) is 3.03. The Morgan fingerprint density at radius 3 is 2.38 bits per heavy atom. The van der Waals surface area contributed by atoms with Crippen LogP contribution in [0.3, 0.4) is 0 Å². The summed E-state index contributed by atoms with van der Waals surface area (Å²) in [6, 6.07) is 19.1. The summed E-state index contributed by atoms with van der Waals surface area (Å²) in [6.07, 6.45) is 0.0925. The molecule has 1 N–H and O–H groups in total. The Morgan fingerprint density at radius 1 is 1.10 bits per heavy atom. The second-order valence-corrected chi connectivity index (χ2v) is 6.83. The number of morpholine rings is 1. The Balaban J connectivity index is 1.79. The van der Waals surface area contributed by atoms with Crippen molar-refractivity contribution in [1.82, 2.24) is 5.32 Å². The molecular weight excluding hydrogens is 326 g/mol. The van der Waals surface area contributed by atoms with E-state index in [2.05, 4.69) is 83.6 Å². The van der Waals surface area contributed by atoms with E-state index in [1.54, 1.807) is 0 Å². The average Bonchev–Trinajstić information content (AvgIpc) is 2.50. The first-order valence-electron chi connectivity index (χ1n) is 7.29. The molecule has 1 fully saturated rings. The Morgan fingerprint density at radius 2 is 1.76 bits per heavy atom. The molecule has 21 heavy (non-hydrogen) atoms. The van der Waals surface area contributed by atoms with Gasteiger partial charge in [0, 0.05) is 10.5 Å². The van der Waals surface area contributed by atoms with Crippen LogP contribution in [0, 0.1) is 0 Å². The topological polar surface area (TPSA) is 21.3 Å². The van der Waals surface area contributed by atoms with Gasteiger partial charge < -0.3 is 10.1 Å². The zero-order chi connectivity index (χ0) is 14.9. The van der Waals surface area contributed by atoms with Crippen LogP contribution in [0.2, 0.25) is 0 Å². The van der Waals surface area contributed by atoms with Gasteiger partial charge in [-0.1, -0.05) is 58.4 Å². The Bertz CT molecular complexity index is 598. The predicted octanol–water partition coefficient (Wildman–Crippen LogP) is 4.41. The summed E-state index contributed by atoms with van der Waals surface area (Å²) in [6.45, 7) is 5.06. The highest BCUT2D eigenvalue weighted by Crippen LogP contribution is 2.33. The summed E-state index contributed by atoms with van der Waals surface area (Å²) in [5.41, 5.74) is 2.35. The summed E-state index contributed by atoms with van der Waals surface area (Å²) < 4.78 is 7.30. The van der Waals surface area contributed by atoms with Gasteiger partial charge in [-0.2, -0.15) is 0 Å². The van der Waals surface area contributed by atoms with Gasteiger partial charge in [0.15, 0.2) is 0 Å². The maximum Gasteiger partial charge on any atom is 0.0976 e. The normalized spacial score (nSPS) is 29.3. The molecule has 0 aliphatic carbocycles. The highest BCUT2D eigenvalue weighted by Gasteiger charge is 2.37. The molecule has 110 valence electrons. The standard InChI is InChI=1S/C18H20BrNO/c1-13-17(14-8-10-16(19)11-9-14)21-12-18(2,20-13)15-6-4-3-5-7-15/h3-11,13,17,20H,12H2,1-2H3. The summed E-state index contributed by atoms with van der Waals surface area (Å²) in [7, 11) is 0. The van der Waals surface area contributed by atoms with Gasteiger partial charge in [0.1, 0.15) is 0 Å². The number of nitrogens with one attached hydrogen (secondary N) is 1. The van der Waals surface area contributed by atoms with E-state index in [-0.39, 0.29) is 17.7 Å². The molecule has 0 saturated carbocycles. The molecule has 1 saturated heterocycles. The van der Waals surface area contributed by atoms with Crippen LogP contribution in [-0.2, 0) is 10.3 Å². The summed E-state index contributed by atoms with van der Waals surface area (Å²) in [4.78, 5) is 0. The van der Waals surface area contributed by atoms with E-state index in [4.69, 9.17) is 4.74 Å². The molecule has 3 rings (SSSR count). The summed E-state index contributed by atoms with van der Waals surface area (Å²) >= 11 is 3.48. The first kappa shape index (κ1) is 14.8. The minimum Gasteiger partial charge on any atom is -0.370 e. The summed E-state index contributed by atoms with van der Waals surface area (Å²) in [5, 5.41) is 3.74. The van der Waals surface area contributed by atoms with E-state index in [9.17, 15) is 0 Å². The zero-order valence-electron chi connectivity index (χ0n) is 12.3. The van der Waals surface area contributed by atoms with E-state index in [0.29, 0.717) is 6.61 Å². The third-order valence-corrected chi connectivity index (χ3v) is 4.69. The lowest BCUT2D eigenvalue weighted by Gasteiger charge is -2.43. The van der Waals surface area contributed by atoms with E-state index in [0.717, 1.165) is 4.47 Å². The fourth-order valence-corrected chi connectivity index (χ4v) is 3.29. The number of rotatable bonds is 2. The fraction of sp³-hybridized carbons (Fsp3) is 0.333. The van der Waals surface area contributed by atoms with Crippen molar-refractivity contribution < 1.29 is 4.74 Å². The van der Waals surface area contributed by atoms with Crippen molar-refractivity contribution >= 4 is 15.9 Å². The highest BCUT2D eigenvalue weighted by molar-refractivity contribution is 9.10. The molecule has 1 aliphatic heterocycles. The van der Waals surface area contributed by atoms with Gasteiger partial charge in [-0.25, -0.2) is 0 Å². The lowest BCUT2D eigenvalue weighted by atomic mass is 9.88. The predicted molar refractivity (Wildman–Crippen MR) is 89.2 cm³/mol. The summed E-state index contributed by atoms with van der Waals surface area (Å²) in [5.74, 6) is 0. The van der Waals surface area contributed by atoms with Crippen molar-refractivity contribution in [2.24, 2.45) is 0 Å². The largest absolute Gasteiger partial charge is 0.370 e. The van der Waals surface area contributed by atoms with Crippen LogP contribution in [0.15, 0.2) is 59.1 Å². The number of ether oxygens (including phenoxy) is 1. The lowest BCUT2D eigenvalue weighted by Crippen LogP contribution is -2.55. The highest BCUT2D eigenvalue weighted by atomic mass is 79.9. The third kappa shape index (κ3) is 3.05. The zero-order valence-corrected chi connectivity index (χ0v) is 13.9. The van der Waals surface area contributed by atoms with E-state index >= 15 is 0 Å². The minimum absolute atomic E-state index is 0.0925. The molecular formula is C18H20BrNO. The van der Waals surface area contributed by atoms with Crippen molar-refractivity contribution in [1.29, 1.82) is 0 Å². The van der Waals surface area contributed by atoms with Gasteiger partial charge in [0.25, 0.3) is 0 Å². The molecule has 3 heteroatoms. The van der Waals surface area contributed by atoms with Crippen molar-refractivity contribution in [3.8, 4) is 0 Å². The van der Waals surface area contributed by atoms with Crippen LogP contribution in [0.4, 0.5) is 0 Å². The van der Waals surface area contributed by atoms with E-state index < -0.39 is 0 Å². The number of halogens is 1. The van der Waals surface area contributed by atoms with Crippen molar-refractivity contribution in [3.63, 3.8) is 0 Å². The van der Waals surface area contributed by atoms with Gasteiger partial charge in [0.2, 0.25) is 0 Å². The smallest absolute Gasteiger partial charge is 0.0976 e. The van der Waals surface area contributed by atoms with Crippen LogP contribution in [0.5, 0.6) is 0 Å². The lowest BCUT2D eigenvalue weighted by molar-refractivity contribution is -0.0573. The Kier molecular flexibility index (Phi) is 4.16. The second kappa shape index (κ2) is 5.91. The molecule has 3 atom stereocenters. The number of hydrogen-bond donors (Lipinski definition) is 1.